The molecule has 0 aromatic carbocycles. The molecule has 23 heavy (non-hydrogen) atoms. The molecule has 1 aromatic rings. The molecule has 0 radical (unpaired) electrons. The van der Waals surface area contributed by atoms with E-state index in [1.54, 1.807) is 18.2 Å². The molecule has 128 valence electrons. The first-order valence-electron chi connectivity index (χ1n) is 8.28. The number of aromatic nitrogens is 1. The van der Waals surface area contributed by atoms with Crippen molar-refractivity contribution in [1.82, 2.24) is 4.98 Å². The minimum Gasteiger partial charge on any atom is -0.459 e. The van der Waals surface area contributed by atoms with Crippen molar-refractivity contribution in [1.29, 1.82) is 0 Å². The summed E-state index contributed by atoms with van der Waals surface area (Å²) in [5.74, 6) is 1.20. The number of rotatable bonds is 9. The largest absolute Gasteiger partial charge is 0.459 e. The summed E-state index contributed by atoms with van der Waals surface area (Å²) < 4.78 is 5.20. The third-order valence-corrected chi connectivity index (χ3v) is 3.33. The molecule has 0 bridgehead atoms. The smallest absolute Gasteiger partial charge is 0.306 e. The number of amides is 1. The van der Waals surface area contributed by atoms with Crippen molar-refractivity contribution in [2.75, 3.05) is 5.32 Å². The molecule has 0 saturated carbocycles. The first kappa shape index (κ1) is 19.1. The number of esters is 1. The Morgan fingerprint density at radius 2 is 1.74 bits per heavy atom. The molecule has 0 saturated heterocycles. The second kappa shape index (κ2) is 9.98. The molecule has 1 amide bonds. The molecule has 5 nitrogen and oxygen atoms in total. The quantitative estimate of drug-likeness (QED) is 0.700. The highest BCUT2D eigenvalue weighted by Gasteiger charge is 2.08. The maximum absolute atomic E-state index is 11.8. The molecule has 0 aliphatic rings. The summed E-state index contributed by atoms with van der Waals surface area (Å²) in [5.41, 5.74) is 0.629. The normalized spacial score (nSPS) is 10.9. The Morgan fingerprint density at radius 3 is 2.39 bits per heavy atom. The van der Waals surface area contributed by atoms with E-state index in [1.807, 2.05) is 0 Å². The van der Waals surface area contributed by atoms with Gasteiger partial charge in [0.15, 0.2) is 0 Å². The summed E-state index contributed by atoms with van der Waals surface area (Å²) in [6.45, 7) is 8.44. The van der Waals surface area contributed by atoms with E-state index in [-0.39, 0.29) is 18.5 Å². The summed E-state index contributed by atoms with van der Waals surface area (Å²) in [6.07, 6.45) is 2.56. The van der Waals surface area contributed by atoms with Gasteiger partial charge in [-0.2, -0.15) is 0 Å². The third kappa shape index (κ3) is 8.96. The van der Waals surface area contributed by atoms with Crippen LogP contribution in [0.2, 0.25) is 0 Å². The highest BCUT2D eigenvalue weighted by atomic mass is 16.5. The van der Waals surface area contributed by atoms with Gasteiger partial charge >= 0.3 is 5.97 Å². The summed E-state index contributed by atoms with van der Waals surface area (Å²) in [7, 11) is 0. The molecule has 0 aliphatic carbocycles. The first-order valence-corrected chi connectivity index (χ1v) is 8.28. The van der Waals surface area contributed by atoms with Crippen LogP contribution in [0, 0.1) is 11.8 Å². The Balaban J connectivity index is 2.44. The van der Waals surface area contributed by atoms with Gasteiger partial charge in [0.1, 0.15) is 12.4 Å². The van der Waals surface area contributed by atoms with Gasteiger partial charge in [-0.3, -0.25) is 9.59 Å². The Labute approximate surface area is 138 Å². The van der Waals surface area contributed by atoms with Gasteiger partial charge in [-0.05, 0) is 36.8 Å². The fraction of sp³-hybridized carbons (Fsp3) is 0.611. The lowest BCUT2D eigenvalue weighted by Crippen LogP contribution is -2.14. The van der Waals surface area contributed by atoms with E-state index in [2.05, 4.69) is 38.0 Å². The fourth-order valence-corrected chi connectivity index (χ4v) is 1.89. The van der Waals surface area contributed by atoms with Crippen molar-refractivity contribution in [3.8, 4) is 0 Å². The zero-order valence-corrected chi connectivity index (χ0v) is 14.6. The van der Waals surface area contributed by atoms with Gasteiger partial charge in [0, 0.05) is 12.8 Å². The van der Waals surface area contributed by atoms with E-state index in [4.69, 9.17) is 4.74 Å². The standard InChI is InChI=1S/C18H28N2O3/c1-13(2)8-10-17(21)20-16-7-5-6-15(19-16)12-23-18(22)11-9-14(3)4/h5-7,13-14H,8-12H2,1-4H3,(H,19,20,21). The highest BCUT2D eigenvalue weighted by Crippen LogP contribution is 2.10. The number of ether oxygens (including phenoxy) is 1. The van der Waals surface area contributed by atoms with Gasteiger partial charge in [0.25, 0.3) is 0 Å². The molecule has 1 rings (SSSR count). The van der Waals surface area contributed by atoms with E-state index >= 15 is 0 Å². The number of pyridine rings is 1. The van der Waals surface area contributed by atoms with Crippen LogP contribution in [0.25, 0.3) is 0 Å². The molecule has 0 fully saturated rings. The van der Waals surface area contributed by atoms with E-state index in [0.717, 1.165) is 12.8 Å². The summed E-state index contributed by atoms with van der Waals surface area (Å²) >= 11 is 0. The molecular weight excluding hydrogens is 292 g/mol. The Bertz CT molecular complexity index is 513. The van der Waals surface area contributed by atoms with Gasteiger partial charge < -0.3 is 10.1 Å². The number of nitrogens with zero attached hydrogens (tertiary/aromatic N) is 1. The van der Waals surface area contributed by atoms with Crippen LogP contribution in [0.3, 0.4) is 0 Å². The maximum Gasteiger partial charge on any atom is 0.306 e. The van der Waals surface area contributed by atoms with Gasteiger partial charge in [-0.25, -0.2) is 4.98 Å². The summed E-state index contributed by atoms with van der Waals surface area (Å²) in [4.78, 5) is 27.7. The van der Waals surface area contributed by atoms with Gasteiger partial charge in [0.05, 0.1) is 5.69 Å². The number of carbonyl (C=O) groups is 2. The van der Waals surface area contributed by atoms with Crippen molar-refractivity contribution in [3.63, 3.8) is 0 Å². The van der Waals surface area contributed by atoms with Gasteiger partial charge in [-0.1, -0.05) is 33.8 Å². The topological polar surface area (TPSA) is 68.3 Å². The lowest BCUT2D eigenvalue weighted by Gasteiger charge is -2.09. The number of carbonyl (C=O) groups excluding carboxylic acids is 2. The van der Waals surface area contributed by atoms with Gasteiger partial charge in [0.2, 0.25) is 5.91 Å². The number of hydrogen-bond acceptors (Lipinski definition) is 4. The summed E-state index contributed by atoms with van der Waals surface area (Å²) in [5, 5.41) is 2.77. The van der Waals surface area contributed by atoms with Crippen LogP contribution < -0.4 is 5.32 Å². The monoisotopic (exact) mass is 320 g/mol. The van der Waals surface area contributed by atoms with Crippen molar-refractivity contribution in [2.24, 2.45) is 11.8 Å². The Morgan fingerprint density at radius 1 is 1.09 bits per heavy atom. The van der Waals surface area contributed by atoms with E-state index < -0.39 is 0 Å². The average molecular weight is 320 g/mol. The van der Waals surface area contributed by atoms with E-state index in [0.29, 0.717) is 36.2 Å². The molecule has 1 heterocycles. The van der Waals surface area contributed by atoms with Crippen LogP contribution in [0.5, 0.6) is 0 Å². The predicted molar refractivity (Wildman–Crippen MR) is 90.8 cm³/mol. The van der Waals surface area contributed by atoms with Crippen molar-refractivity contribution >= 4 is 17.7 Å². The van der Waals surface area contributed by atoms with Crippen molar-refractivity contribution < 1.29 is 14.3 Å². The maximum atomic E-state index is 11.8. The molecular formula is C18H28N2O3. The third-order valence-electron chi connectivity index (χ3n) is 3.33. The van der Waals surface area contributed by atoms with Crippen LogP contribution in [-0.2, 0) is 20.9 Å². The first-order chi connectivity index (χ1) is 10.9. The molecule has 0 spiro atoms. The van der Waals surface area contributed by atoms with Crippen molar-refractivity contribution in [3.05, 3.63) is 23.9 Å². The summed E-state index contributed by atoms with van der Waals surface area (Å²) in [6, 6.07) is 5.30. The zero-order valence-electron chi connectivity index (χ0n) is 14.6. The Hall–Kier alpha value is -1.91. The van der Waals surface area contributed by atoms with Crippen LogP contribution in [0.15, 0.2) is 18.2 Å². The molecule has 0 unspecified atom stereocenters. The lowest BCUT2D eigenvalue weighted by molar-refractivity contribution is -0.145. The van der Waals surface area contributed by atoms with Crippen LogP contribution >= 0.6 is 0 Å². The van der Waals surface area contributed by atoms with Crippen LogP contribution in [0.4, 0.5) is 5.82 Å². The predicted octanol–water partition coefficient (Wildman–Crippen LogP) is 3.94. The average Bonchev–Trinajstić information content (AvgIpc) is 2.49. The second-order valence-electron chi connectivity index (χ2n) is 6.59. The minimum absolute atomic E-state index is 0.0442. The molecule has 1 aromatic heterocycles. The Kier molecular flexibility index (Phi) is 8.30. The SMILES string of the molecule is CC(C)CCC(=O)Nc1cccc(COC(=O)CCC(C)C)n1. The second-order valence-corrected chi connectivity index (χ2v) is 6.59. The zero-order chi connectivity index (χ0) is 17.2. The molecule has 1 N–H and O–H groups in total. The van der Waals surface area contributed by atoms with Gasteiger partial charge in [-0.15, -0.1) is 0 Å². The van der Waals surface area contributed by atoms with E-state index in [9.17, 15) is 9.59 Å². The number of nitrogens with one attached hydrogen (secondary N) is 1. The molecule has 0 atom stereocenters. The molecule has 5 heteroatoms. The number of hydrogen-bond donors (Lipinski definition) is 1. The number of anilines is 1. The minimum atomic E-state index is -0.216. The highest BCUT2D eigenvalue weighted by molar-refractivity contribution is 5.89. The van der Waals surface area contributed by atoms with Crippen molar-refractivity contribution in [2.45, 2.75) is 60.0 Å². The van der Waals surface area contributed by atoms with Crippen LogP contribution in [-0.4, -0.2) is 16.9 Å². The fourth-order valence-electron chi connectivity index (χ4n) is 1.89. The van der Waals surface area contributed by atoms with Crippen LogP contribution in [0.1, 0.15) is 59.1 Å². The molecule has 0 aliphatic heterocycles. The lowest BCUT2D eigenvalue weighted by atomic mass is 10.1. The van der Waals surface area contributed by atoms with E-state index in [1.165, 1.54) is 0 Å².